The summed E-state index contributed by atoms with van der Waals surface area (Å²) in [5.41, 5.74) is 0.479. The number of hydrogen-bond acceptors (Lipinski definition) is 5. The third kappa shape index (κ3) is 4.26. The first kappa shape index (κ1) is 13.8. The van der Waals surface area contributed by atoms with Crippen LogP contribution in [0.2, 0.25) is 0 Å². The fraction of sp³-hybridized carbons (Fsp3) is 0.500. The molecular weight excluding hydrogens is 236 g/mol. The first-order valence-corrected chi connectivity index (χ1v) is 6.77. The number of ether oxygens (including phenoxy) is 1. The summed E-state index contributed by atoms with van der Waals surface area (Å²) in [6, 6.07) is 3.43. The summed E-state index contributed by atoms with van der Waals surface area (Å²) >= 11 is 1.82. The fourth-order valence-corrected chi connectivity index (χ4v) is 1.69. The van der Waals surface area contributed by atoms with E-state index < -0.39 is 0 Å². The summed E-state index contributed by atoms with van der Waals surface area (Å²) in [6.45, 7) is 2.97. The Labute approximate surface area is 106 Å². The highest BCUT2D eigenvalue weighted by atomic mass is 32.2. The Hall–Kier alpha value is -1.23. The summed E-state index contributed by atoms with van der Waals surface area (Å²) < 4.78 is 4.70. The quantitative estimate of drug-likeness (QED) is 0.790. The van der Waals surface area contributed by atoms with E-state index in [9.17, 15) is 4.79 Å². The van der Waals surface area contributed by atoms with Crippen LogP contribution in [0.5, 0.6) is 0 Å². The van der Waals surface area contributed by atoms with Gasteiger partial charge in [-0.1, -0.05) is 6.92 Å². The molecule has 17 heavy (non-hydrogen) atoms. The van der Waals surface area contributed by atoms with Gasteiger partial charge in [-0.2, -0.15) is 11.8 Å². The molecule has 1 aromatic heterocycles. The van der Waals surface area contributed by atoms with Crippen molar-refractivity contribution in [3.8, 4) is 0 Å². The fourth-order valence-electron chi connectivity index (χ4n) is 1.33. The average Bonchev–Trinajstić information content (AvgIpc) is 2.38. The highest BCUT2D eigenvalue weighted by Gasteiger charge is 2.11. The molecule has 0 saturated heterocycles. The van der Waals surface area contributed by atoms with Gasteiger partial charge in [0.25, 0.3) is 0 Å². The van der Waals surface area contributed by atoms with Gasteiger partial charge >= 0.3 is 5.97 Å². The molecule has 1 aromatic rings. The van der Waals surface area contributed by atoms with Crippen LogP contribution in [0.3, 0.4) is 0 Å². The number of methoxy groups -OCH3 is 1. The Balaban J connectivity index is 2.61. The number of carbonyl (C=O) groups excluding carboxylic acids is 1. The molecule has 94 valence electrons. The lowest BCUT2D eigenvalue weighted by molar-refractivity contribution is 0.0601. The maximum atomic E-state index is 11.5. The number of carbonyl (C=O) groups is 1. The van der Waals surface area contributed by atoms with Crippen LogP contribution in [0.4, 0.5) is 5.82 Å². The Morgan fingerprint density at radius 3 is 3.06 bits per heavy atom. The van der Waals surface area contributed by atoms with Crippen molar-refractivity contribution in [3.63, 3.8) is 0 Å². The van der Waals surface area contributed by atoms with Crippen molar-refractivity contribution in [2.45, 2.75) is 18.6 Å². The molecule has 0 aromatic carbocycles. The maximum Gasteiger partial charge on any atom is 0.341 e. The Bertz CT molecular complexity index is 371. The van der Waals surface area contributed by atoms with Gasteiger partial charge in [0.1, 0.15) is 11.4 Å². The molecule has 4 nitrogen and oxygen atoms in total. The van der Waals surface area contributed by atoms with Gasteiger partial charge in [0, 0.05) is 18.0 Å². The zero-order valence-corrected chi connectivity index (χ0v) is 11.2. The number of aromatic nitrogens is 1. The van der Waals surface area contributed by atoms with E-state index >= 15 is 0 Å². The van der Waals surface area contributed by atoms with Crippen LogP contribution in [0, 0.1) is 0 Å². The monoisotopic (exact) mass is 254 g/mol. The molecule has 0 spiro atoms. The summed E-state index contributed by atoms with van der Waals surface area (Å²) in [5, 5.41) is 3.76. The molecule has 1 heterocycles. The number of hydrogen-bond donors (Lipinski definition) is 1. The predicted octanol–water partition coefficient (Wildman–Crippen LogP) is 2.42. The number of pyridine rings is 1. The van der Waals surface area contributed by atoms with Gasteiger partial charge in [-0.3, -0.25) is 0 Å². The predicted molar refractivity (Wildman–Crippen MR) is 71.7 cm³/mol. The highest BCUT2D eigenvalue weighted by molar-refractivity contribution is 7.99. The molecule has 1 rings (SSSR count). The molecule has 0 aliphatic heterocycles. The van der Waals surface area contributed by atoms with E-state index in [2.05, 4.69) is 23.5 Å². The van der Waals surface area contributed by atoms with E-state index in [4.69, 9.17) is 4.74 Å². The van der Waals surface area contributed by atoms with Gasteiger partial charge < -0.3 is 10.1 Å². The van der Waals surface area contributed by atoms with Crippen molar-refractivity contribution in [2.75, 3.05) is 25.2 Å². The van der Waals surface area contributed by atoms with E-state index in [1.54, 1.807) is 18.3 Å². The van der Waals surface area contributed by atoms with E-state index in [0.29, 0.717) is 16.6 Å². The van der Waals surface area contributed by atoms with E-state index in [0.717, 1.165) is 13.0 Å². The summed E-state index contributed by atoms with van der Waals surface area (Å²) in [5.74, 6) is 0.228. The standard InChI is InChI=1S/C12H18N2O2S/c1-9(17-3)6-8-14-11-10(12(15)16-2)5-4-7-13-11/h4-5,7,9H,6,8H2,1-3H3,(H,13,14). The van der Waals surface area contributed by atoms with Crippen LogP contribution in [-0.4, -0.2) is 36.1 Å². The summed E-state index contributed by atoms with van der Waals surface area (Å²) in [6.07, 6.45) is 4.77. The van der Waals surface area contributed by atoms with E-state index in [1.165, 1.54) is 7.11 Å². The lowest BCUT2D eigenvalue weighted by atomic mass is 10.2. The van der Waals surface area contributed by atoms with Gasteiger partial charge in [-0.05, 0) is 24.8 Å². The van der Waals surface area contributed by atoms with Crippen molar-refractivity contribution < 1.29 is 9.53 Å². The van der Waals surface area contributed by atoms with Crippen molar-refractivity contribution in [1.82, 2.24) is 4.98 Å². The van der Waals surface area contributed by atoms with Gasteiger partial charge in [-0.15, -0.1) is 0 Å². The number of nitrogens with zero attached hydrogens (tertiary/aromatic N) is 1. The number of nitrogens with one attached hydrogen (secondary N) is 1. The Morgan fingerprint density at radius 2 is 2.41 bits per heavy atom. The molecule has 1 N–H and O–H groups in total. The van der Waals surface area contributed by atoms with Gasteiger partial charge in [0.15, 0.2) is 0 Å². The molecule has 0 amide bonds. The van der Waals surface area contributed by atoms with Crippen LogP contribution in [-0.2, 0) is 4.74 Å². The molecule has 1 atom stereocenters. The molecule has 5 heteroatoms. The maximum absolute atomic E-state index is 11.5. The van der Waals surface area contributed by atoms with Crippen LogP contribution in [0.25, 0.3) is 0 Å². The normalized spacial score (nSPS) is 11.9. The van der Waals surface area contributed by atoms with Gasteiger partial charge in [0.2, 0.25) is 0 Å². The van der Waals surface area contributed by atoms with E-state index in [1.807, 2.05) is 11.8 Å². The third-order valence-electron chi connectivity index (χ3n) is 2.46. The zero-order valence-electron chi connectivity index (χ0n) is 10.4. The van der Waals surface area contributed by atoms with Crippen LogP contribution >= 0.6 is 11.8 Å². The lowest BCUT2D eigenvalue weighted by Crippen LogP contribution is -2.13. The minimum atomic E-state index is -0.362. The molecule has 0 fully saturated rings. The second-order valence-corrected chi connectivity index (χ2v) is 4.93. The van der Waals surface area contributed by atoms with Crippen LogP contribution < -0.4 is 5.32 Å². The van der Waals surface area contributed by atoms with E-state index in [-0.39, 0.29) is 5.97 Å². The first-order chi connectivity index (χ1) is 8.19. The number of anilines is 1. The second kappa shape index (κ2) is 7.17. The van der Waals surface area contributed by atoms with Crippen molar-refractivity contribution in [1.29, 1.82) is 0 Å². The third-order valence-corrected chi connectivity index (χ3v) is 3.50. The molecule has 1 unspecified atom stereocenters. The minimum absolute atomic E-state index is 0.362. The highest BCUT2D eigenvalue weighted by Crippen LogP contribution is 2.14. The van der Waals surface area contributed by atoms with Crippen LogP contribution in [0.15, 0.2) is 18.3 Å². The van der Waals surface area contributed by atoms with Crippen molar-refractivity contribution >= 4 is 23.5 Å². The number of esters is 1. The summed E-state index contributed by atoms with van der Waals surface area (Å²) in [4.78, 5) is 15.6. The lowest BCUT2D eigenvalue weighted by Gasteiger charge is -2.11. The van der Waals surface area contributed by atoms with Gasteiger partial charge in [-0.25, -0.2) is 9.78 Å². The largest absolute Gasteiger partial charge is 0.465 e. The zero-order chi connectivity index (χ0) is 12.7. The first-order valence-electron chi connectivity index (χ1n) is 5.49. The van der Waals surface area contributed by atoms with Crippen molar-refractivity contribution in [3.05, 3.63) is 23.9 Å². The second-order valence-electron chi connectivity index (χ2n) is 3.65. The molecule has 0 radical (unpaired) electrons. The Morgan fingerprint density at radius 1 is 1.65 bits per heavy atom. The molecule has 0 aliphatic rings. The molecule has 0 saturated carbocycles. The average molecular weight is 254 g/mol. The molecule has 0 bridgehead atoms. The van der Waals surface area contributed by atoms with Crippen molar-refractivity contribution in [2.24, 2.45) is 0 Å². The van der Waals surface area contributed by atoms with Crippen LogP contribution in [0.1, 0.15) is 23.7 Å². The number of rotatable bonds is 6. The smallest absolute Gasteiger partial charge is 0.341 e. The molecule has 0 aliphatic carbocycles. The number of thioether (sulfide) groups is 1. The summed E-state index contributed by atoms with van der Waals surface area (Å²) in [7, 11) is 1.37. The SMILES string of the molecule is COC(=O)c1cccnc1NCCC(C)SC. The topological polar surface area (TPSA) is 51.2 Å². The Kier molecular flexibility index (Phi) is 5.83. The van der Waals surface area contributed by atoms with Gasteiger partial charge in [0.05, 0.1) is 7.11 Å². The molecular formula is C12H18N2O2S. The minimum Gasteiger partial charge on any atom is -0.465 e.